The van der Waals surface area contributed by atoms with E-state index in [4.69, 9.17) is 21.1 Å². The second-order valence-corrected chi connectivity index (χ2v) is 6.45. The number of unbranched alkanes of at least 4 members (excludes halogenated alkanes) is 3. The van der Waals surface area contributed by atoms with Crippen LogP contribution in [0.15, 0.2) is 48.5 Å². The number of hydrogen-bond donors (Lipinski definition) is 1. The molecule has 0 atom stereocenters. The van der Waals surface area contributed by atoms with Gasteiger partial charge in [-0.15, -0.1) is 0 Å². The minimum Gasteiger partial charge on any atom is -0.482 e. The molecule has 0 heterocycles. The van der Waals surface area contributed by atoms with Crippen molar-refractivity contribution in [2.45, 2.75) is 32.6 Å². The Balaban J connectivity index is 1.76. The van der Waals surface area contributed by atoms with Crippen molar-refractivity contribution in [1.29, 1.82) is 0 Å². The summed E-state index contributed by atoms with van der Waals surface area (Å²) in [5, 5.41) is 3.15. The van der Waals surface area contributed by atoms with E-state index in [1.807, 2.05) is 0 Å². The fraction of sp³-hybridized carbons (Fsp3) is 0.333. The van der Waals surface area contributed by atoms with E-state index in [0.29, 0.717) is 28.6 Å². The van der Waals surface area contributed by atoms with Gasteiger partial charge in [-0.2, -0.15) is 0 Å². The first kappa shape index (κ1) is 20.8. The number of carbonyl (C=O) groups excluding carboxylic acids is 2. The number of esters is 1. The van der Waals surface area contributed by atoms with E-state index in [1.165, 1.54) is 0 Å². The monoisotopic (exact) mass is 389 g/mol. The van der Waals surface area contributed by atoms with Crippen LogP contribution in [0.5, 0.6) is 5.75 Å². The first-order valence-corrected chi connectivity index (χ1v) is 9.42. The topological polar surface area (TPSA) is 64.6 Å². The second kappa shape index (κ2) is 11.2. The Kier molecular flexibility index (Phi) is 8.65. The summed E-state index contributed by atoms with van der Waals surface area (Å²) in [4.78, 5) is 23.9. The number of benzene rings is 2. The normalized spacial score (nSPS) is 10.3. The van der Waals surface area contributed by atoms with Crippen LogP contribution in [0, 0.1) is 0 Å². The van der Waals surface area contributed by atoms with Crippen LogP contribution in [-0.4, -0.2) is 25.1 Å². The molecule has 0 bridgehead atoms. The van der Waals surface area contributed by atoms with Crippen LogP contribution >= 0.6 is 11.6 Å². The molecule has 2 aromatic rings. The molecule has 0 aliphatic rings. The van der Waals surface area contributed by atoms with Gasteiger partial charge in [0.1, 0.15) is 5.75 Å². The molecule has 2 aromatic carbocycles. The fourth-order valence-corrected chi connectivity index (χ4v) is 2.56. The van der Waals surface area contributed by atoms with E-state index in [9.17, 15) is 9.59 Å². The smallest absolute Gasteiger partial charge is 0.338 e. The Morgan fingerprint density at radius 2 is 1.74 bits per heavy atom. The van der Waals surface area contributed by atoms with E-state index in [1.54, 1.807) is 48.5 Å². The lowest BCUT2D eigenvalue weighted by Gasteiger charge is -2.09. The lowest BCUT2D eigenvalue weighted by Crippen LogP contribution is -2.20. The lowest BCUT2D eigenvalue weighted by molar-refractivity contribution is -0.118. The van der Waals surface area contributed by atoms with Crippen LogP contribution in [0.25, 0.3) is 0 Å². The summed E-state index contributed by atoms with van der Waals surface area (Å²) in [5.41, 5.74) is 1.03. The number of carbonyl (C=O) groups is 2. The molecule has 0 radical (unpaired) electrons. The van der Waals surface area contributed by atoms with E-state index in [2.05, 4.69) is 12.2 Å². The summed E-state index contributed by atoms with van der Waals surface area (Å²) in [7, 11) is 0. The van der Waals surface area contributed by atoms with Gasteiger partial charge in [-0.3, -0.25) is 4.79 Å². The second-order valence-electron chi connectivity index (χ2n) is 6.04. The average Bonchev–Trinajstić information content (AvgIpc) is 2.67. The van der Waals surface area contributed by atoms with Crippen LogP contribution < -0.4 is 10.1 Å². The zero-order valence-electron chi connectivity index (χ0n) is 15.4. The van der Waals surface area contributed by atoms with Crippen molar-refractivity contribution < 1.29 is 19.1 Å². The Labute approximate surface area is 164 Å². The number of hydrogen-bond acceptors (Lipinski definition) is 4. The quantitative estimate of drug-likeness (QED) is 0.453. The van der Waals surface area contributed by atoms with Crippen molar-refractivity contribution in [2.75, 3.05) is 18.5 Å². The number of ether oxygens (including phenoxy) is 2. The number of anilines is 1. The van der Waals surface area contributed by atoms with Crippen LogP contribution in [0.1, 0.15) is 43.0 Å². The van der Waals surface area contributed by atoms with E-state index < -0.39 is 0 Å². The van der Waals surface area contributed by atoms with E-state index >= 15 is 0 Å². The fourth-order valence-electron chi connectivity index (χ4n) is 2.37. The molecule has 0 aliphatic carbocycles. The zero-order valence-corrected chi connectivity index (χ0v) is 16.1. The minimum atomic E-state index is -0.355. The highest BCUT2D eigenvalue weighted by molar-refractivity contribution is 6.32. The van der Waals surface area contributed by atoms with Gasteiger partial charge >= 0.3 is 5.97 Å². The molecule has 2 rings (SSSR count). The Hall–Kier alpha value is -2.53. The molecule has 0 aromatic heterocycles. The van der Waals surface area contributed by atoms with Gasteiger partial charge < -0.3 is 14.8 Å². The van der Waals surface area contributed by atoms with E-state index in [0.717, 1.165) is 25.7 Å². The summed E-state index contributed by atoms with van der Waals surface area (Å²) in [5.74, 6) is -0.223. The minimum absolute atomic E-state index is 0.161. The van der Waals surface area contributed by atoms with Gasteiger partial charge in [-0.1, -0.05) is 49.9 Å². The molecule has 27 heavy (non-hydrogen) atoms. The number of amides is 1. The third-order valence-corrected chi connectivity index (χ3v) is 4.14. The van der Waals surface area contributed by atoms with Crippen molar-refractivity contribution in [1.82, 2.24) is 0 Å². The third-order valence-electron chi connectivity index (χ3n) is 3.83. The molecule has 0 aliphatic heterocycles. The number of rotatable bonds is 10. The van der Waals surface area contributed by atoms with Gasteiger partial charge in [0.2, 0.25) is 0 Å². The Bertz CT molecular complexity index is 746. The van der Waals surface area contributed by atoms with Gasteiger partial charge in [-0.25, -0.2) is 4.79 Å². The van der Waals surface area contributed by atoms with Gasteiger partial charge in [0.05, 0.1) is 17.2 Å². The Morgan fingerprint density at radius 3 is 2.44 bits per heavy atom. The van der Waals surface area contributed by atoms with Crippen LogP contribution in [-0.2, 0) is 9.53 Å². The third kappa shape index (κ3) is 7.31. The van der Waals surface area contributed by atoms with Crippen molar-refractivity contribution in [2.24, 2.45) is 0 Å². The van der Waals surface area contributed by atoms with Gasteiger partial charge in [0, 0.05) is 5.69 Å². The predicted octanol–water partition coefficient (Wildman–Crippen LogP) is 5.09. The molecule has 1 N–H and O–H groups in total. The van der Waals surface area contributed by atoms with Gasteiger partial charge in [0.25, 0.3) is 5.91 Å². The van der Waals surface area contributed by atoms with Crippen molar-refractivity contribution in [3.8, 4) is 5.75 Å². The van der Waals surface area contributed by atoms with Crippen molar-refractivity contribution in [3.05, 3.63) is 59.1 Å². The number of para-hydroxylation sites is 1. The molecular formula is C21H24ClNO4. The van der Waals surface area contributed by atoms with Crippen LogP contribution in [0.2, 0.25) is 5.02 Å². The van der Waals surface area contributed by atoms with Gasteiger partial charge in [0.15, 0.2) is 6.61 Å². The molecular weight excluding hydrogens is 366 g/mol. The molecule has 0 fully saturated rings. The standard InChI is InChI=1S/C21H24ClNO4/c1-2-3-4-7-14-26-21(25)16-10-12-17(13-11-16)23-20(24)15-27-19-9-6-5-8-18(19)22/h5-6,8-13H,2-4,7,14-15H2,1H3,(H,23,24). The SMILES string of the molecule is CCCCCCOC(=O)c1ccc(NC(=O)COc2ccccc2Cl)cc1. The Morgan fingerprint density at radius 1 is 1.00 bits per heavy atom. The molecule has 5 nitrogen and oxygen atoms in total. The maximum atomic E-state index is 12.0. The molecule has 0 saturated heterocycles. The average molecular weight is 390 g/mol. The first-order valence-electron chi connectivity index (χ1n) is 9.04. The summed E-state index contributed by atoms with van der Waals surface area (Å²) >= 11 is 5.98. The predicted molar refractivity (Wildman–Crippen MR) is 106 cm³/mol. The maximum Gasteiger partial charge on any atom is 0.338 e. The molecule has 1 amide bonds. The van der Waals surface area contributed by atoms with Crippen LogP contribution in [0.4, 0.5) is 5.69 Å². The van der Waals surface area contributed by atoms with Crippen molar-refractivity contribution in [3.63, 3.8) is 0 Å². The molecule has 6 heteroatoms. The molecule has 144 valence electrons. The molecule has 0 spiro atoms. The summed E-state index contributed by atoms with van der Waals surface area (Å²) in [6.07, 6.45) is 4.22. The van der Waals surface area contributed by atoms with Gasteiger partial charge in [-0.05, 0) is 42.8 Å². The largest absolute Gasteiger partial charge is 0.482 e. The highest BCUT2D eigenvalue weighted by atomic mass is 35.5. The highest BCUT2D eigenvalue weighted by Gasteiger charge is 2.09. The summed E-state index contributed by atoms with van der Waals surface area (Å²) in [6, 6.07) is 13.5. The van der Waals surface area contributed by atoms with E-state index in [-0.39, 0.29) is 18.5 Å². The zero-order chi connectivity index (χ0) is 19.5. The molecule has 0 saturated carbocycles. The maximum absolute atomic E-state index is 12.0. The number of nitrogens with one attached hydrogen (secondary N) is 1. The van der Waals surface area contributed by atoms with Crippen molar-refractivity contribution >= 4 is 29.2 Å². The summed E-state index contributed by atoms with van der Waals surface area (Å²) < 4.78 is 10.6. The first-order chi connectivity index (χ1) is 13.1. The summed E-state index contributed by atoms with van der Waals surface area (Å²) in [6.45, 7) is 2.40. The number of halogens is 1. The van der Waals surface area contributed by atoms with Crippen LogP contribution in [0.3, 0.4) is 0 Å². The molecule has 0 unspecified atom stereocenters. The highest BCUT2D eigenvalue weighted by Crippen LogP contribution is 2.23. The lowest BCUT2D eigenvalue weighted by atomic mass is 10.2.